The van der Waals surface area contributed by atoms with Crippen LogP contribution in [0.5, 0.6) is 0 Å². The monoisotopic (exact) mass is 542 g/mol. The van der Waals surface area contributed by atoms with Crippen molar-refractivity contribution in [3.63, 3.8) is 0 Å². The largest absolute Gasteiger partial charge is 0.341 e. The molecule has 1 heterocycles. The summed E-state index contributed by atoms with van der Waals surface area (Å²) in [7, 11) is 1.90. The van der Waals surface area contributed by atoms with Crippen LogP contribution in [0.2, 0.25) is 5.02 Å². The number of benzene rings is 2. The molecule has 2 atom stereocenters. The van der Waals surface area contributed by atoms with Crippen LogP contribution >= 0.6 is 34.2 Å². The number of aryl methyl sites for hydroxylation is 1. The van der Waals surface area contributed by atoms with Crippen LogP contribution in [0.25, 0.3) is 0 Å². The molecule has 6 heteroatoms. The van der Waals surface area contributed by atoms with Crippen molar-refractivity contribution >= 4 is 40.1 Å². The van der Waals surface area contributed by atoms with E-state index in [4.69, 9.17) is 11.6 Å². The van der Waals surface area contributed by atoms with E-state index >= 15 is 0 Å². The number of carbonyl (C=O) groups excluding carboxylic acids is 1. The molecule has 2 aromatic rings. The zero-order chi connectivity index (χ0) is 22.1. The number of rotatable bonds is 5. The quantitative estimate of drug-likeness (QED) is 0.394. The highest BCUT2D eigenvalue weighted by Gasteiger charge is 2.39. The Hall–Kier alpha value is -1.18. The molecular weight excluding hydrogens is 514 g/mol. The van der Waals surface area contributed by atoms with E-state index in [0.29, 0.717) is 5.02 Å². The standard InChI is InChI=1S/C24H29ClFIN2O/c1-15-9-19(26)5-6-20(15)21-14-28-8-7-22(21)29(4)23(30)24(2,3)17-10-16(13-27)11-18(25)12-17/h5-6,9-12,21-22,28H,7-8,13-14H2,1-4H3/t21-,22+/m1/s1. The van der Waals surface area contributed by atoms with Gasteiger partial charge >= 0.3 is 0 Å². The van der Waals surface area contributed by atoms with Crippen LogP contribution in [-0.4, -0.2) is 37.0 Å². The number of likely N-dealkylation sites (N-methyl/N-ethyl adjacent to an activating group) is 1. The summed E-state index contributed by atoms with van der Waals surface area (Å²) in [6.07, 6.45) is 0.856. The highest BCUT2D eigenvalue weighted by Crippen LogP contribution is 2.34. The normalized spacial score (nSPS) is 19.6. The van der Waals surface area contributed by atoms with Crippen molar-refractivity contribution in [1.29, 1.82) is 0 Å². The van der Waals surface area contributed by atoms with Crippen LogP contribution in [0.15, 0.2) is 36.4 Å². The molecule has 2 aromatic carbocycles. The van der Waals surface area contributed by atoms with Crippen molar-refractivity contribution < 1.29 is 9.18 Å². The molecule has 0 aliphatic carbocycles. The van der Waals surface area contributed by atoms with E-state index < -0.39 is 5.41 Å². The molecule has 1 N–H and O–H groups in total. The molecule has 1 amide bonds. The van der Waals surface area contributed by atoms with Crippen LogP contribution in [0.3, 0.4) is 0 Å². The van der Waals surface area contributed by atoms with Gasteiger partial charge in [0.05, 0.1) is 5.41 Å². The summed E-state index contributed by atoms with van der Waals surface area (Å²) in [5.74, 6) is -0.0386. The maximum atomic E-state index is 13.7. The van der Waals surface area contributed by atoms with Gasteiger partial charge in [0.25, 0.3) is 0 Å². The molecule has 1 aliphatic heterocycles. The first-order valence-electron chi connectivity index (χ1n) is 10.2. The number of nitrogens with one attached hydrogen (secondary N) is 1. The zero-order valence-electron chi connectivity index (χ0n) is 17.9. The third-order valence-electron chi connectivity index (χ3n) is 6.26. The summed E-state index contributed by atoms with van der Waals surface area (Å²) in [5, 5.41) is 4.10. The average molecular weight is 543 g/mol. The molecule has 162 valence electrons. The smallest absolute Gasteiger partial charge is 0.232 e. The molecule has 1 fully saturated rings. The SMILES string of the molecule is Cc1cc(F)ccc1[C@H]1CNCC[C@@H]1N(C)C(=O)C(C)(C)c1cc(Cl)cc(CI)c1. The highest BCUT2D eigenvalue weighted by molar-refractivity contribution is 14.1. The fourth-order valence-electron chi connectivity index (χ4n) is 4.48. The molecule has 0 radical (unpaired) electrons. The van der Waals surface area contributed by atoms with Crippen LogP contribution in [0, 0.1) is 12.7 Å². The maximum Gasteiger partial charge on any atom is 0.232 e. The van der Waals surface area contributed by atoms with Crippen molar-refractivity contribution in [3.05, 3.63) is 69.5 Å². The highest BCUT2D eigenvalue weighted by atomic mass is 127. The van der Waals surface area contributed by atoms with Crippen LogP contribution < -0.4 is 5.32 Å². The number of alkyl halides is 1. The summed E-state index contributed by atoms with van der Waals surface area (Å²) in [5.41, 5.74) is 3.37. The summed E-state index contributed by atoms with van der Waals surface area (Å²) in [6.45, 7) is 7.50. The summed E-state index contributed by atoms with van der Waals surface area (Å²) in [6, 6.07) is 10.9. The number of piperidine rings is 1. The predicted octanol–water partition coefficient (Wildman–Crippen LogP) is 5.60. The Kier molecular flexibility index (Phi) is 7.46. The van der Waals surface area contributed by atoms with Gasteiger partial charge < -0.3 is 10.2 Å². The van der Waals surface area contributed by atoms with E-state index in [2.05, 4.69) is 34.0 Å². The summed E-state index contributed by atoms with van der Waals surface area (Å²) in [4.78, 5) is 15.6. The fraction of sp³-hybridized carbons (Fsp3) is 0.458. The lowest BCUT2D eigenvalue weighted by molar-refractivity contribution is -0.138. The van der Waals surface area contributed by atoms with E-state index in [1.54, 1.807) is 6.07 Å². The minimum atomic E-state index is -0.701. The third kappa shape index (κ3) is 4.83. The van der Waals surface area contributed by atoms with Gasteiger partial charge in [-0.05, 0) is 80.3 Å². The lowest BCUT2D eigenvalue weighted by Gasteiger charge is -2.42. The van der Waals surface area contributed by atoms with Gasteiger partial charge in [-0.25, -0.2) is 4.39 Å². The Morgan fingerprint density at radius 3 is 2.70 bits per heavy atom. The lowest BCUT2D eigenvalue weighted by Crippen LogP contribution is -2.53. The van der Waals surface area contributed by atoms with Crippen molar-refractivity contribution in [2.45, 2.75) is 49.0 Å². The molecule has 0 spiro atoms. The molecular formula is C24H29ClFIN2O. The van der Waals surface area contributed by atoms with Gasteiger partial charge in [-0.1, -0.05) is 46.3 Å². The molecule has 1 aliphatic rings. The molecule has 0 unspecified atom stereocenters. The number of carbonyl (C=O) groups is 1. The Morgan fingerprint density at radius 2 is 2.03 bits per heavy atom. The minimum Gasteiger partial charge on any atom is -0.341 e. The van der Waals surface area contributed by atoms with E-state index in [9.17, 15) is 9.18 Å². The van der Waals surface area contributed by atoms with Gasteiger partial charge in [0.2, 0.25) is 5.91 Å². The fourth-order valence-corrected chi connectivity index (χ4v) is 5.18. The first-order valence-corrected chi connectivity index (χ1v) is 12.2. The van der Waals surface area contributed by atoms with E-state index in [1.807, 2.05) is 50.9 Å². The molecule has 0 saturated carbocycles. The van der Waals surface area contributed by atoms with Crippen molar-refractivity contribution in [2.24, 2.45) is 0 Å². The number of nitrogens with zero attached hydrogens (tertiary/aromatic N) is 1. The van der Waals surface area contributed by atoms with Crippen LogP contribution in [-0.2, 0) is 14.6 Å². The van der Waals surface area contributed by atoms with E-state index in [0.717, 1.165) is 46.2 Å². The first kappa shape index (κ1) is 23.5. The Bertz CT molecular complexity index is 933. The summed E-state index contributed by atoms with van der Waals surface area (Å²) < 4.78 is 14.5. The second kappa shape index (κ2) is 9.53. The van der Waals surface area contributed by atoms with Gasteiger partial charge in [0.1, 0.15) is 5.82 Å². The second-order valence-corrected chi connectivity index (χ2v) is 9.89. The number of hydrogen-bond acceptors (Lipinski definition) is 2. The van der Waals surface area contributed by atoms with Gasteiger partial charge in [-0.3, -0.25) is 4.79 Å². The van der Waals surface area contributed by atoms with Crippen LogP contribution in [0.1, 0.15) is 48.4 Å². The number of hydrogen-bond donors (Lipinski definition) is 1. The topological polar surface area (TPSA) is 32.3 Å². The minimum absolute atomic E-state index is 0.0467. The van der Waals surface area contributed by atoms with Gasteiger partial charge in [-0.2, -0.15) is 0 Å². The van der Waals surface area contributed by atoms with Crippen molar-refractivity contribution in [1.82, 2.24) is 10.2 Å². The first-order chi connectivity index (χ1) is 14.1. The maximum absolute atomic E-state index is 13.7. The van der Waals surface area contributed by atoms with E-state index in [-0.39, 0.29) is 23.7 Å². The Morgan fingerprint density at radius 1 is 1.30 bits per heavy atom. The van der Waals surface area contributed by atoms with Gasteiger partial charge in [0.15, 0.2) is 0 Å². The Balaban J connectivity index is 1.91. The Labute approximate surface area is 197 Å². The van der Waals surface area contributed by atoms with Crippen molar-refractivity contribution in [2.75, 3.05) is 20.1 Å². The van der Waals surface area contributed by atoms with Gasteiger partial charge in [-0.15, -0.1) is 0 Å². The van der Waals surface area contributed by atoms with Crippen LogP contribution in [0.4, 0.5) is 4.39 Å². The second-order valence-electron chi connectivity index (χ2n) is 8.69. The van der Waals surface area contributed by atoms with Crippen molar-refractivity contribution in [3.8, 4) is 0 Å². The molecule has 1 saturated heterocycles. The molecule has 0 bridgehead atoms. The van der Waals surface area contributed by atoms with Gasteiger partial charge in [0, 0.05) is 35.0 Å². The molecule has 0 aromatic heterocycles. The summed E-state index contributed by atoms with van der Waals surface area (Å²) >= 11 is 8.64. The number of amides is 1. The predicted molar refractivity (Wildman–Crippen MR) is 130 cm³/mol. The lowest BCUT2D eigenvalue weighted by atomic mass is 9.79. The molecule has 3 rings (SSSR count). The third-order valence-corrected chi connectivity index (χ3v) is 7.36. The zero-order valence-corrected chi connectivity index (χ0v) is 20.9. The average Bonchev–Trinajstić information content (AvgIpc) is 2.72. The van der Waals surface area contributed by atoms with E-state index in [1.165, 1.54) is 6.07 Å². The molecule has 30 heavy (non-hydrogen) atoms. The molecule has 3 nitrogen and oxygen atoms in total. The number of halogens is 3.